The number of aldehydes is 1. The molecule has 1 unspecified atom stereocenters. The lowest BCUT2D eigenvalue weighted by molar-refractivity contribution is -0.158. The summed E-state index contributed by atoms with van der Waals surface area (Å²) < 4.78 is 16.4. The van der Waals surface area contributed by atoms with Crippen LogP contribution in [0.4, 0.5) is 0 Å². The van der Waals surface area contributed by atoms with Gasteiger partial charge in [0, 0.05) is 25.6 Å². The second-order valence-corrected chi connectivity index (χ2v) is 5.54. The first-order valence-corrected chi connectivity index (χ1v) is 7.75. The molecule has 142 valence electrons. The minimum absolute atomic E-state index is 0.00421. The van der Waals surface area contributed by atoms with Gasteiger partial charge < -0.3 is 24.1 Å². The van der Waals surface area contributed by atoms with Crippen LogP contribution in [0.15, 0.2) is 21.9 Å². The average molecular weight is 370 g/mol. The molecule has 2 rings (SSSR count). The summed E-state index contributed by atoms with van der Waals surface area (Å²) in [7, 11) is 0. The van der Waals surface area contributed by atoms with Crippen molar-refractivity contribution in [2.75, 3.05) is 6.61 Å². The topological polar surface area (TPSA) is 154 Å². The van der Waals surface area contributed by atoms with E-state index in [1.54, 1.807) is 0 Å². The van der Waals surface area contributed by atoms with Gasteiger partial charge in [-0.2, -0.15) is 0 Å². The lowest BCUT2D eigenvalue weighted by Crippen LogP contribution is -2.40. The Morgan fingerprint density at radius 2 is 2.15 bits per heavy atom. The van der Waals surface area contributed by atoms with E-state index in [1.165, 1.54) is 0 Å². The summed E-state index contributed by atoms with van der Waals surface area (Å²) in [6, 6.07) is 1.06. The summed E-state index contributed by atoms with van der Waals surface area (Å²) >= 11 is 0. The summed E-state index contributed by atoms with van der Waals surface area (Å²) in [5, 5.41) is 10.4. The van der Waals surface area contributed by atoms with E-state index in [0.717, 1.165) is 23.8 Å². The van der Waals surface area contributed by atoms with E-state index in [0.29, 0.717) is 6.29 Å². The van der Waals surface area contributed by atoms with Crippen LogP contribution in [-0.4, -0.2) is 57.8 Å². The van der Waals surface area contributed by atoms with Crippen molar-refractivity contribution in [3.05, 3.63) is 33.1 Å². The summed E-state index contributed by atoms with van der Waals surface area (Å²) in [4.78, 5) is 58.1. The number of ether oxygens (including phenoxy) is 3. The van der Waals surface area contributed by atoms with Gasteiger partial charge in [0.1, 0.15) is 25.1 Å². The molecule has 0 aromatic carbocycles. The number of aromatic amines is 1. The number of hydrogen-bond acceptors (Lipinski definition) is 9. The van der Waals surface area contributed by atoms with Gasteiger partial charge in [0.25, 0.3) is 5.56 Å². The normalized spacial score (nSPS) is 24.8. The van der Waals surface area contributed by atoms with Crippen molar-refractivity contribution in [2.45, 2.75) is 44.3 Å². The van der Waals surface area contributed by atoms with Crippen LogP contribution in [0.3, 0.4) is 0 Å². The number of nitrogens with zero attached hydrogens (tertiary/aromatic N) is 1. The third-order valence-electron chi connectivity index (χ3n) is 3.61. The van der Waals surface area contributed by atoms with Gasteiger partial charge >= 0.3 is 17.6 Å². The van der Waals surface area contributed by atoms with E-state index in [4.69, 9.17) is 14.2 Å². The number of carbonyl (C=O) groups is 3. The maximum atomic E-state index is 11.9. The number of carbonyl (C=O) groups excluding carboxylic acids is 3. The van der Waals surface area contributed by atoms with E-state index in [9.17, 15) is 29.1 Å². The quantitative estimate of drug-likeness (QED) is 0.420. The Kier molecular flexibility index (Phi) is 6.41. The second kappa shape index (κ2) is 8.54. The van der Waals surface area contributed by atoms with E-state index in [2.05, 4.69) is 0 Å². The van der Waals surface area contributed by atoms with Crippen molar-refractivity contribution in [2.24, 2.45) is 0 Å². The molecule has 1 aliphatic rings. The lowest BCUT2D eigenvalue weighted by atomic mass is 10.1. The summed E-state index contributed by atoms with van der Waals surface area (Å²) in [5.74, 6) is -1.37. The van der Waals surface area contributed by atoms with Crippen LogP contribution in [0, 0.1) is 0 Å². The van der Waals surface area contributed by atoms with E-state index >= 15 is 0 Å². The van der Waals surface area contributed by atoms with Gasteiger partial charge in [0.15, 0.2) is 12.3 Å². The van der Waals surface area contributed by atoms with Crippen molar-refractivity contribution in [3.63, 3.8) is 0 Å². The van der Waals surface area contributed by atoms with Crippen LogP contribution in [-0.2, 0) is 28.6 Å². The molecular formula is C15H18N2O9. The van der Waals surface area contributed by atoms with Crippen LogP contribution >= 0.6 is 0 Å². The molecule has 11 heteroatoms. The van der Waals surface area contributed by atoms with Crippen molar-refractivity contribution in [1.82, 2.24) is 9.55 Å². The maximum absolute atomic E-state index is 11.9. The number of aromatic nitrogens is 2. The molecule has 0 saturated carbocycles. The van der Waals surface area contributed by atoms with Crippen molar-refractivity contribution < 1.29 is 33.7 Å². The van der Waals surface area contributed by atoms with Gasteiger partial charge in [-0.05, 0) is 0 Å². The van der Waals surface area contributed by atoms with E-state index in [-0.39, 0.29) is 19.4 Å². The van der Waals surface area contributed by atoms with Crippen LogP contribution in [0.2, 0.25) is 0 Å². The Morgan fingerprint density at radius 1 is 1.42 bits per heavy atom. The smallest absolute Gasteiger partial charge is 0.330 e. The third kappa shape index (κ3) is 4.64. The first kappa shape index (κ1) is 19.5. The molecule has 0 amide bonds. The molecule has 1 aliphatic heterocycles. The van der Waals surface area contributed by atoms with Gasteiger partial charge in [-0.3, -0.25) is 23.9 Å². The fraction of sp³-hybridized carbons (Fsp3) is 0.533. The Bertz CT molecular complexity index is 784. The SMILES string of the molecule is CC(=O)OC1[C@@H](COC(=O)CCC=O)O[C@@H](n2ccc(=O)[nH]c2=O)[C@H]1O. The monoisotopic (exact) mass is 370 g/mol. The van der Waals surface area contributed by atoms with Crippen molar-refractivity contribution in [1.29, 1.82) is 0 Å². The summed E-state index contributed by atoms with van der Waals surface area (Å²) in [5.41, 5.74) is -1.46. The fourth-order valence-electron chi connectivity index (χ4n) is 2.47. The number of aliphatic hydroxyl groups is 1. The number of H-pyrrole nitrogens is 1. The minimum Gasteiger partial charge on any atom is -0.463 e. The largest absolute Gasteiger partial charge is 0.463 e. The molecule has 0 aliphatic carbocycles. The van der Waals surface area contributed by atoms with Gasteiger partial charge in [-0.1, -0.05) is 0 Å². The molecule has 1 aromatic heterocycles. The molecule has 26 heavy (non-hydrogen) atoms. The van der Waals surface area contributed by atoms with Crippen LogP contribution in [0.5, 0.6) is 0 Å². The zero-order valence-electron chi connectivity index (χ0n) is 13.8. The molecule has 0 radical (unpaired) electrons. The number of nitrogens with one attached hydrogen (secondary N) is 1. The lowest BCUT2D eigenvalue weighted by Gasteiger charge is -2.19. The van der Waals surface area contributed by atoms with Gasteiger partial charge in [-0.25, -0.2) is 4.79 Å². The van der Waals surface area contributed by atoms with Gasteiger partial charge in [0.2, 0.25) is 0 Å². The third-order valence-corrected chi connectivity index (χ3v) is 3.61. The Hall–Kier alpha value is -2.79. The van der Waals surface area contributed by atoms with Crippen molar-refractivity contribution in [3.8, 4) is 0 Å². The molecule has 0 spiro atoms. The Morgan fingerprint density at radius 3 is 2.77 bits per heavy atom. The number of hydrogen-bond donors (Lipinski definition) is 2. The van der Waals surface area contributed by atoms with E-state index in [1.807, 2.05) is 4.98 Å². The van der Waals surface area contributed by atoms with Crippen LogP contribution in [0.1, 0.15) is 26.0 Å². The van der Waals surface area contributed by atoms with Gasteiger partial charge in [0.05, 0.1) is 6.42 Å². The maximum Gasteiger partial charge on any atom is 0.330 e. The molecule has 1 saturated heterocycles. The first-order chi connectivity index (χ1) is 12.3. The average Bonchev–Trinajstić information content (AvgIpc) is 2.87. The predicted molar refractivity (Wildman–Crippen MR) is 83.1 cm³/mol. The zero-order valence-corrected chi connectivity index (χ0v) is 13.8. The van der Waals surface area contributed by atoms with Crippen LogP contribution in [0.25, 0.3) is 0 Å². The molecule has 1 aromatic rings. The number of aliphatic hydroxyl groups excluding tert-OH is 1. The fourth-order valence-corrected chi connectivity index (χ4v) is 2.47. The molecule has 0 bridgehead atoms. The molecule has 11 nitrogen and oxygen atoms in total. The highest BCUT2D eigenvalue weighted by Crippen LogP contribution is 2.30. The minimum atomic E-state index is -1.44. The van der Waals surface area contributed by atoms with E-state index < -0.39 is 47.7 Å². The standard InChI is InChI=1S/C15H18N2O9/c1-8(19)25-13-9(7-24-11(21)3-2-6-18)26-14(12(13)22)17-5-4-10(20)16-15(17)23/h4-6,9,12-14,22H,2-3,7H2,1H3,(H,16,20,23)/t9-,12+,13?,14-/m1/s1. The predicted octanol–water partition coefficient (Wildman–Crippen LogP) is -1.75. The highest BCUT2D eigenvalue weighted by molar-refractivity contribution is 5.72. The Balaban J connectivity index is 2.16. The zero-order chi connectivity index (χ0) is 19.3. The van der Waals surface area contributed by atoms with Crippen molar-refractivity contribution >= 4 is 18.2 Å². The molecule has 2 heterocycles. The molecular weight excluding hydrogens is 352 g/mol. The van der Waals surface area contributed by atoms with Crippen LogP contribution < -0.4 is 11.2 Å². The summed E-state index contributed by atoms with van der Waals surface area (Å²) in [6.07, 6.45) is -3.39. The Labute approximate surface area is 146 Å². The first-order valence-electron chi connectivity index (χ1n) is 7.75. The molecule has 1 fully saturated rings. The second-order valence-electron chi connectivity index (χ2n) is 5.54. The number of rotatable bonds is 7. The highest BCUT2D eigenvalue weighted by atomic mass is 16.6. The molecule has 2 N–H and O–H groups in total. The van der Waals surface area contributed by atoms with Gasteiger partial charge in [-0.15, -0.1) is 0 Å². The molecule has 4 atom stereocenters. The number of esters is 2. The highest BCUT2D eigenvalue weighted by Gasteiger charge is 2.47. The summed E-state index contributed by atoms with van der Waals surface area (Å²) in [6.45, 7) is 0.765.